The van der Waals surface area contributed by atoms with Gasteiger partial charge in [-0.05, 0) is 39.2 Å². The van der Waals surface area contributed by atoms with Crippen LogP contribution in [0.4, 0.5) is 5.82 Å². The highest BCUT2D eigenvalue weighted by Gasteiger charge is 2.18. The van der Waals surface area contributed by atoms with E-state index >= 15 is 0 Å². The monoisotopic (exact) mass is 409 g/mol. The number of hydrogen-bond donors (Lipinski definition) is 2. The second-order valence-electron chi connectivity index (χ2n) is 7.32. The van der Waals surface area contributed by atoms with Crippen molar-refractivity contribution in [2.45, 2.75) is 39.5 Å². The van der Waals surface area contributed by atoms with Gasteiger partial charge in [0, 0.05) is 55.7 Å². The van der Waals surface area contributed by atoms with Crippen molar-refractivity contribution in [2.75, 3.05) is 31.1 Å². The van der Waals surface area contributed by atoms with Crippen LogP contribution in [-0.4, -0.2) is 47.1 Å². The highest BCUT2D eigenvalue weighted by Crippen LogP contribution is 2.29. The molecule has 3 rings (SSSR count). The van der Waals surface area contributed by atoms with Gasteiger partial charge in [-0.15, -0.1) is 0 Å². The molecule has 0 aromatic carbocycles. The summed E-state index contributed by atoms with van der Waals surface area (Å²) in [6.07, 6.45) is 10.8. The fourth-order valence-electron chi connectivity index (χ4n) is 3.50. The van der Waals surface area contributed by atoms with Crippen molar-refractivity contribution in [1.82, 2.24) is 20.3 Å². The van der Waals surface area contributed by atoms with E-state index in [1.807, 2.05) is 19.9 Å². The highest BCUT2D eigenvalue weighted by atomic mass is 16.5. The van der Waals surface area contributed by atoms with Crippen LogP contribution >= 0.6 is 0 Å². The van der Waals surface area contributed by atoms with E-state index in [-0.39, 0.29) is 5.91 Å². The van der Waals surface area contributed by atoms with E-state index in [1.54, 1.807) is 24.5 Å². The first-order chi connectivity index (χ1) is 14.6. The summed E-state index contributed by atoms with van der Waals surface area (Å²) >= 11 is 0. The largest absolute Gasteiger partial charge is 0.493 e. The van der Waals surface area contributed by atoms with Gasteiger partial charge in [0.25, 0.3) is 5.91 Å². The maximum atomic E-state index is 12.7. The summed E-state index contributed by atoms with van der Waals surface area (Å²) in [5.74, 6) is 2.47. The number of carbonyl (C=O) groups excluding carboxylic acids is 1. The normalized spacial score (nSPS) is 14.1. The predicted molar refractivity (Wildman–Crippen MR) is 120 cm³/mol. The molecule has 0 aliphatic carbocycles. The predicted octanol–water partition coefficient (Wildman–Crippen LogP) is 3.43. The van der Waals surface area contributed by atoms with E-state index in [0.29, 0.717) is 18.7 Å². The lowest BCUT2D eigenvalue weighted by molar-refractivity contribution is -0.117. The van der Waals surface area contributed by atoms with Gasteiger partial charge in [0.15, 0.2) is 0 Å². The maximum Gasteiger partial charge on any atom is 0.251 e. The summed E-state index contributed by atoms with van der Waals surface area (Å²) in [6, 6.07) is 2.00. The van der Waals surface area contributed by atoms with Crippen LogP contribution in [0.3, 0.4) is 0 Å². The molecular formula is C23H31N5O2. The fraction of sp³-hybridized carbons (Fsp3) is 0.435. The van der Waals surface area contributed by atoms with Crippen molar-refractivity contribution in [2.24, 2.45) is 0 Å². The Labute approximate surface area is 178 Å². The smallest absolute Gasteiger partial charge is 0.251 e. The Bertz CT molecular complexity index is 883. The van der Waals surface area contributed by atoms with E-state index in [1.165, 1.54) is 12.8 Å². The first kappa shape index (κ1) is 21.6. The molecule has 7 nitrogen and oxygen atoms in total. The average Bonchev–Trinajstić information content (AvgIpc) is 3.46. The van der Waals surface area contributed by atoms with Crippen molar-refractivity contribution in [3.63, 3.8) is 0 Å². The quantitative estimate of drug-likeness (QED) is 0.357. The van der Waals surface area contributed by atoms with Gasteiger partial charge in [-0.25, -0.2) is 9.97 Å². The summed E-state index contributed by atoms with van der Waals surface area (Å²) in [5, 5.41) is 2.96. The van der Waals surface area contributed by atoms with Gasteiger partial charge in [-0.1, -0.05) is 12.7 Å². The standard InChI is InChI=1S/C23H31N5O2/c1-4-18(23(29)26-10-8-9-21-24-11-12-25-21)15-19-17(3)20(30-5-2)16-22(27-19)28-13-6-7-14-28/h4,11-12,15-16H,1,5-10,13-14H2,2-3H3,(H,24,25)(H,26,29)/b18-15+. The van der Waals surface area contributed by atoms with Crippen LogP contribution in [0.25, 0.3) is 6.08 Å². The lowest BCUT2D eigenvalue weighted by Gasteiger charge is -2.20. The summed E-state index contributed by atoms with van der Waals surface area (Å²) in [7, 11) is 0. The Morgan fingerprint density at radius 3 is 2.87 bits per heavy atom. The number of amides is 1. The van der Waals surface area contributed by atoms with Crippen molar-refractivity contribution < 1.29 is 9.53 Å². The molecule has 0 spiro atoms. The molecule has 0 atom stereocenters. The molecule has 0 radical (unpaired) electrons. The average molecular weight is 410 g/mol. The lowest BCUT2D eigenvalue weighted by atomic mass is 10.1. The van der Waals surface area contributed by atoms with Gasteiger partial charge in [-0.2, -0.15) is 0 Å². The second-order valence-corrected chi connectivity index (χ2v) is 7.32. The number of aryl methyl sites for hydroxylation is 1. The Balaban J connectivity index is 1.73. The zero-order chi connectivity index (χ0) is 21.3. The summed E-state index contributed by atoms with van der Waals surface area (Å²) < 4.78 is 5.84. The van der Waals surface area contributed by atoms with Crippen molar-refractivity contribution in [1.29, 1.82) is 0 Å². The molecule has 1 amide bonds. The van der Waals surface area contributed by atoms with E-state index in [0.717, 1.165) is 54.6 Å². The van der Waals surface area contributed by atoms with Crippen LogP contribution in [0.5, 0.6) is 5.75 Å². The van der Waals surface area contributed by atoms with Crippen LogP contribution < -0.4 is 15.0 Å². The van der Waals surface area contributed by atoms with E-state index in [4.69, 9.17) is 9.72 Å². The molecule has 1 aliphatic rings. The molecule has 2 N–H and O–H groups in total. The zero-order valence-corrected chi connectivity index (χ0v) is 17.9. The number of nitrogens with one attached hydrogen (secondary N) is 2. The number of ether oxygens (including phenoxy) is 1. The Morgan fingerprint density at radius 2 is 2.20 bits per heavy atom. The Morgan fingerprint density at radius 1 is 1.40 bits per heavy atom. The van der Waals surface area contributed by atoms with Gasteiger partial charge in [0.2, 0.25) is 0 Å². The number of aromatic nitrogens is 3. The van der Waals surface area contributed by atoms with Crippen molar-refractivity contribution >= 4 is 17.8 Å². The molecule has 0 bridgehead atoms. The lowest BCUT2D eigenvalue weighted by Crippen LogP contribution is -2.26. The number of carbonyl (C=O) groups is 1. The number of anilines is 1. The van der Waals surface area contributed by atoms with Crippen LogP contribution in [0.15, 0.2) is 36.7 Å². The highest BCUT2D eigenvalue weighted by molar-refractivity contribution is 6.00. The number of hydrogen-bond acceptors (Lipinski definition) is 5. The summed E-state index contributed by atoms with van der Waals surface area (Å²) in [5.41, 5.74) is 2.15. The first-order valence-electron chi connectivity index (χ1n) is 10.6. The van der Waals surface area contributed by atoms with Gasteiger partial charge in [0.05, 0.1) is 12.3 Å². The molecule has 160 valence electrons. The van der Waals surface area contributed by atoms with Gasteiger partial charge >= 0.3 is 0 Å². The topological polar surface area (TPSA) is 83.1 Å². The molecule has 2 aromatic rings. The number of rotatable bonds is 10. The number of imidazole rings is 1. The third-order valence-electron chi connectivity index (χ3n) is 5.18. The number of aromatic amines is 1. The number of H-pyrrole nitrogens is 1. The number of nitrogens with zero attached hydrogens (tertiary/aromatic N) is 3. The van der Waals surface area contributed by atoms with E-state index in [9.17, 15) is 4.79 Å². The summed E-state index contributed by atoms with van der Waals surface area (Å²) in [4.78, 5) is 27.0. The first-order valence-corrected chi connectivity index (χ1v) is 10.6. The third-order valence-corrected chi connectivity index (χ3v) is 5.18. The SMILES string of the molecule is C=C/C(=C\c1nc(N2CCCC2)cc(OCC)c1C)C(=O)NCCCc1ncc[nH]1. The second kappa shape index (κ2) is 10.6. The molecule has 0 unspecified atom stereocenters. The van der Waals surface area contributed by atoms with Crippen LogP contribution in [0.2, 0.25) is 0 Å². The molecule has 1 saturated heterocycles. The Hall–Kier alpha value is -3.09. The maximum absolute atomic E-state index is 12.7. The summed E-state index contributed by atoms with van der Waals surface area (Å²) in [6.45, 7) is 10.9. The molecule has 3 heterocycles. The minimum absolute atomic E-state index is 0.157. The number of pyridine rings is 1. The molecule has 1 aliphatic heterocycles. The van der Waals surface area contributed by atoms with E-state index < -0.39 is 0 Å². The van der Waals surface area contributed by atoms with Crippen molar-refractivity contribution in [3.8, 4) is 5.75 Å². The van der Waals surface area contributed by atoms with Crippen LogP contribution in [-0.2, 0) is 11.2 Å². The van der Waals surface area contributed by atoms with Crippen LogP contribution in [0, 0.1) is 6.92 Å². The van der Waals surface area contributed by atoms with Gasteiger partial charge in [0.1, 0.15) is 17.4 Å². The van der Waals surface area contributed by atoms with Gasteiger partial charge < -0.3 is 19.9 Å². The Kier molecular flexibility index (Phi) is 7.65. The molecule has 1 fully saturated rings. The molecular weight excluding hydrogens is 378 g/mol. The van der Waals surface area contributed by atoms with Crippen LogP contribution in [0.1, 0.15) is 43.3 Å². The molecule has 30 heavy (non-hydrogen) atoms. The van der Waals surface area contributed by atoms with E-state index in [2.05, 4.69) is 26.8 Å². The molecule has 7 heteroatoms. The minimum atomic E-state index is -0.157. The molecule has 2 aromatic heterocycles. The fourth-order valence-corrected chi connectivity index (χ4v) is 3.50. The van der Waals surface area contributed by atoms with Crippen molar-refractivity contribution in [3.05, 3.63) is 53.8 Å². The zero-order valence-electron chi connectivity index (χ0n) is 17.9. The minimum Gasteiger partial charge on any atom is -0.493 e. The third kappa shape index (κ3) is 5.49. The van der Waals surface area contributed by atoms with Gasteiger partial charge in [-0.3, -0.25) is 4.79 Å². The molecule has 0 saturated carbocycles.